The number of anilines is 2. The van der Waals surface area contributed by atoms with Gasteiger partial charge in [0.15, 0.2) is 0 Å². The van der Waals surface area contributed by atoms with Gasteiger partial charge in [0.2, 0.25) is 11.6 Å². The molecule has 0 amide bonds. The van der Waals surface area contributed by atoms with Crippen molar-refractivity contribution in [3.8, 4) is 11.5 Å². The Morgan fingerprint density at radius 1 is 0.611 bits per heavy atom. The molecular formula is C40H62Cl2N4O8. The van der Waals surface area contributed by atoms with Crippen LogP contribution in [0.25, 0.3) is 0 Å². The number of carboxylic acid groups (broad SMARTS) is 1. The lowest BCUT2D eigenvalue weighted by molar-refractivity contribution is -0.137. The number of aromatic hydroxyl groups is 2. The number of unbranched alkanes of at least 4 members (excludes halogenated alkanes) is 9. The monoisotopic (exact) mass is 796 g/mol. The summed E-state index contributed by atoms with van der Waals surface area (Å²) in [6.07, 6.45) is 21.9. The SMILES string of the molecule is Cl.Cl.O=C(O)CCCCCCCCCCCCC1C=CCC1.O=C1c2c(O)ccc(O)c2C(=O)c2c(NCCNCCO)ccc(NCCNCCO)c21. The Morgan fingerprint density at radius 2 is 1.06 bits per heavy atom. The van der Waals surface area contributed by atoms with E-state index in [0.717, 1.165) is 18.8 Å². The van der Waals surface area contributed by atoms with E-state index in [1.165, 1.54) is 82.8 Å². The first-order valence-electron chi connectivity index (χ1n) is 19.1. The number of phenolic OH excluding ortho intramolecular Hbond substituents is 2. The molecule has 12 nitrogen and oxygen atoms in total. The van der Waals surface area contributed by atoms with Gasteiger partial charge in [0.25, 0.3) is 0 Å². The van der Waals surface area contributed by atoms with Crippen LogP contribution in [-0.2, 0) is 4.79 Å². The quantitative estimate of drug-likeness (QED) is 0.0259. The summed E-state index contributed by atoms with van der Waals surface area (Å²) in [5.41, 5.74) is 0.678. The van der Waals surface area contributed by atoms with E-state index in [4.69, 9.17) is 15.3 Å². The number of ketones is 2. The van der Waals surface area contributed by atoms with Crippen LogP contribution in [0.15, 0.2) is 36.4 Å². The highest BCUT2D eigenvalue weighted by atomic mass is 35.5. The molecule has 2 aromatic rings. The van der Waals surface area contributed by atoms with Crippen molar-refractivity contribution >= 4 is 53.7 Å². The second-order valence-electron chi connectivity index (χ2n) is 13.5. The number of halogens is 2. The zero-order valence-corrected chi connectivity index (χ0v) is 33.0. The van der Waals surface area contributed by atoms with Crippen LogP contribution in [0.1, 0.15) is 122 Å². The smallest absolute Gasteiger partial charge is 0.303 e. The second-order valence-corrected chi connectivity index (χ2v) is 13.5. The first-order chi connectivity index (χ1) is 25.3. The van der Waals surface area contributed by atoms with Gasteiger partial charge in [0, 0.05) is 57.1 Å². The van der Waals surface area contributed by atoms with Crippen LogP contribution in [0.2, 0.25) is 0 Å². The van der Waals surface area contributed by atoms with Gasteiger partial charge in [0.1, 0.15) is 11.5 Å². The number of hydrogen-bond donors (Lipinski definition) is 9. The van der Waals surface area contributed by atoms with Crippen molar-refractivity contribution in [3.63, 3.8) is 0 Å². The van der Waals surface area contributed by atoms with Gasteiger partial charge >= 0.3 is 5.97 Å². The molecule has 0 aliphatic heterocycles. The number of hydrogen-bond acceptors (Lipinski definition) is 11. The maximum Gasteiger partial charge on any atom is 0.303 e. The van der Waals surface area contributed by atoms with Gasteiger partial charge < -0.3 is 46.8 Å². The van der Waals surface area contributed by atoms with Crippen molar-refractivity contribution in [2.45, 2.75) is 89.9 Å². The van der Waals surface area contributed by atoms with Crippen molar-refractivity contribution in [2.75, 3.05) is 63.1 Å². The molecule has 54 heavy (non-hydrogen) atoms. The predicted octanol–water partition coefficient (Wildman–Crippen LogP) is 6.42. The van der Waals surface area contributed by atoms with Crippen molar-refractivity contribution in [1.82, 2.24) is 10.6 Å². The molecule has 0 saturated carbocycles. The summed E-state index contributed by atoms with van der Waals surface area (Å²) in [6.45, 7) is 2.81. The Hall–Kier alpha value is -3.39. The fraction of sp³-hybridized carbons (Fsp3) is 0.575. The molecule has 2 aromatic carbocycles. The Bertz CT molecular complexity index is 1380. The lowest BCUT2D eigenvalue weighted by Crippen LogP contribution is -2.28. The molecule has 1 unspecified atom stereocenters. The van der Waals surface area contributed by atoms with Gasteiger partial charge in [0.05, 0.1) is 35.5 Å². The number of phenols is 2. The van der Waals surface area contributed by atoms with E-state index in [-0.39, 0.29) is 71.8 Å². The minimum Gasteiger partial charge on any atom is -0.507 e. The maximum absolute atomic E-state index is 13.4. The number of carboxylic acids is 1. The van der Waals surface area contributed by atoms with E-state index >= 15 is 0 Å². The molecular weight excluding hydrogens is 735 g/mol. The Kier molecular flexibility index (Phi) is 25.3. The summed E-state index contributed by atoms with van der Waals surface area (Å²) >= 11 is 0. The van der Waals surface area contributed by atoms with E-state index < -0.39 is 17.5 Å². The van der Waals surface area contributed by atoms with Crippen molar-refractivity contribution in [3.05, 3.63) is 58.7 Å². The van der Waals surface area contributed by atoms with E-state index in [1.54, 1.807) is 12.1 Å². The summed E-state index contributed by atoms with van der Waals surface area (Å²) in [7, 11) is 0. The highest BCUT2D eigenvalue weighted by molar-refractivity contribution is 6.33. The summed E-state index contributed by atoms with van der Waals surface area (Å²) in [5, 5.41) is 59.1. The third-order valence-electron chi connectivity index (χ3n) is 9.41. The molecule has 2 aliphatic carbocycles. The number of aliphatic carboxylic acids is 1. The molecule has 0 saturated heterocycles. The number of allylic oxidation sites excluding steroid dienone is 2. The number of aliphatic hydroxyl groups excluding tert-OH is 2. The van der Waals surface area contributed by atoms with E-state index in [0.29, 0.717) is 57.1 Å². The molecule has 4 rings (SSSR count). The molecule has 0 heterocycles. The minimum absolute atomic E-state index is 0. The number of carbonyl (C=O) groups excluding carboxylic acids is 2. The third-order valence-corrected chi connectivity index (χ3v) is 9.41. The molecule has 2 aliphatic rings. The number of fused-ring (bicyclic) bond motifs is 2. The van der Waals surface area contributed by atoms with Crippen molar-refractivity contribution in [2.24, 2.45) is 5.92 Å². The zero-order valence-electron chi connectivity index (χ0n) is 31.4. The maximum atomic E-state index is 13.4. The Morgan fingerprint density at radius 3 is 1.46 bits per heavy atom. The summed E-state index contributed by atoms with van der Waals surface area (Å²) in [4.78, 5) is 37.1. The fourth-order valence-electron chi connectivity index (χ4n) is 6.67. The second kappa shape index (κ2) is 28.1. The van der Waals surface area contributed by atoms with Crippen molar-refractivity contribution < 1.29 is 39.9 Å². The molecule has 0 spiro atoms. The molecule has 9 N–H and O–H groups in total. The van der Waals surface area contributed by atoms with Crippen LogP contribution in [0.3, 0.4) is 0 Å². The number of aliphatic hydroxyl groups is 2. The van der Waals surface area contributed by atoms with Crippen LogP contribution in [0.4, 0.5) is 11.4 Å². The highest BCUT2D eigenvalue weighted by Crippen LogP contribution is 2.42. The summed E-state index contributed by atoms with van der Waals surface area (Å²) in [5.74, 6) is -1.63. The molecule has 14 heteroatoms. The number of benzene rings is 2. The van der Waals surface area contributed by atoms with Gasteiger partial charge in [-0.05, 0) is 55.9 Å². The standard InChI is InChI=1S/C22H28N4O6.C18H32O2.2ClH/c27-11-9-23-5-7-25-13-1-2-14(26-8-6-24-10-12-28)18-17(13)21(31)19-15(29)3-4-16(30)20(19)22(18)32;19-18(20)16-10-8-6-4-2-1-3-5-7-9-13-17-14-11-12-15-17;;/h1-4,23-30H,5-12H2;11,14,17H,1-10,12-13,15-16H2,(H,19,20);2*1H. The van der Waals surface area contributed by atoms with Crippen LogP contribution in [-0.4, -0.2) is 95.6 Å². The normalized spacial score (nSPS) is 13.9. The third kappa shape index (κ3) is 16.1. The lowest BCUT2D eigenvalue weighted by Gasteiger charge is -2.25. The largest absolute Gasteiger partial charge is 0.507 e. The minimum atomic E-state index is -0.655. The molecule has 0 aromatic heterocycles. The molecule has 304 valence electrons. The molecule has 0 radical (unpaired) electrons. The summed E-state index contributed by atoms with van der Waals surface area (Å²) < 4.78 is 0. The van der Waals surface area contributed by atoms with Gasteiger partial charge in [-0.3, -0.25) is 14.4 Å². The molecule has 0 bridgehead atoms. The number of rotatable bonds is 25. The van der Waals surface area contributed by atoms with Crippen molar-refractivity contribution in [1.29, 1.82) is 0 Å². The van der Waals surface area contributed by atoms with E-state index in [1.807, 2.05) is 0 Å². The Labute approximate surface area is 332 Å². The first-order valence-corrected chi connectivity index (χ1v) is 19.1. The van der Waals surface area contributed by atoms with Gasteiger partial charge in [-0.2, -0.15) is 0 Å². The lowest BCUT2D eigenvalue weighted by atomic mass is 9.81. The molecule has 0 fully saturated rings. The fourth-order valence-corrected chi connectivity index (χ4v) is 6.67. The van der Waals surface area contributed by atoms with Gasteiger partial charge in [-0.25, -0.2) is 0 Å². The average Bonchev–Trinajstić information content (AvgIpc) is 3.66. The van der Waals surface area contributed by atoms with E-state index in [2.05, 4.69) is 33.4 Å². The first kappa shape index (κ1) is 48.6. The Balaban J connectivity index is 0.000000576. The average molecular weight is 798 g/mol. The van der Waals surface area contributed by atoms with Crippen LogP contribution >= 0.6 is 24.8 Å². The van der Waals surface area contributed by atoms with E-state index in [9.17, 15) is 24.6 Å². The number of nitrogens with one attached hydrogen (secondary N) is 4. The van der Waals surface area contributed by atoms with Crippen LogP contribution in [0.5, 0.6) is 11.5 Å². The van der Waals surface area contributed by atoms with Gasteiger partial charge in [-0.1, -0.05) is 69.9 Å². The van der Waals surface area contributed by atoms with Crippen LogP contribution < -0.4 is 21.3 Å². The van der Waals surface area contributed by atoms with Gasteiger partial charge in [-0.15, -0.1) is 24.8 Å². The molecule has 1 atom stereocenters. The van der Waals surface area contributed by atoms with Crippen LogP contribution in [0, 0.1) is 5.92 Å². The highest BCUT2D eigenvalue weighted by Gasteiger charge is 2.37. The predicted molar refractivity (Wildman–Crippen MR) is 219 cm³/mol. The number of carbonyl (C=O) groups is 3. The topological polar surface area (TPSA) is 200 Å². The summed E-state index contributed by atoms with van der Waals surface area (Å²) in [6, 6.07) is 5.74. The zero-order chi connectivity index (χ0) is 37.6.